The first-order valence-corrected chi connectivity index (χ1v) is 10.6. The average Bonchev–Trinajstić information content (AvgIpc) is 3.08. The molecule has 1 aliphatic rings. The summed E-state index contributed by atoms with van der Waals surface area (Å²) in [6, 6.07) is 7.89. The number of imidazole rings is 1. The number of rotatable bonds is 6. The Bertz CT molecular complexity index is 876. The first-order valence-electron chi connectivity index (χ1n) is 10.6. The first-order chi connectivity index (χ1) is 13.8. The number of amides is 2. The molecule has 0 saturated carbocycles. The van der Waals surface area contributed by atoms with Crippen molar-refractivity contribution >= 4 is 17.5 Å². The highest BCUT2D eigenvalue weighted by molar-refractivity contribution is 6.03. The summed E-state index contributed by atoms with van der Waals surface area (Å²) in [4.78, 5) is 30.0. The number of anilines is 1. The summed E-state index contributed by atoms with van der Waals surface area (Å²) < 4.78 is 1.91. The number of benzene rings is 1. The first kappa shape index (κ1) is 21.1. The van der Waals surface area contributed by atoms with Crippen LogP contribution in [0.5, 0.6) is 0 Å². The van der Waals surface area contributed by atoms with E-state index in [2.05, 4.69) is 43.3 Å². The fourth-order valence-electron chi connectivity index (χ4n) is 3.60. The van der Waals surface area contributed by atoms with E-state index >= 15 is 0 Å². The van der Waals surface area contributed by atoms with Crippen molar-refractivity contribution in [1.29, 1.82) is 0 Å². The Morgan fingerprint density at radius 2 is 1.83 bits per heavy atom. The lowest BCUT2D eigenvalue weighted by Crippen LogP contribution is -2.26. The van der Waals surface area contributed by atoms with Crippen LogP contribution in [-0.2, 0) is 18.4 Å². The van der Waals surface area contributed by atoms with Gasteiger partial charge in [0.2, 0.25) is 0 Å². The normalized spacial score (nSPS) is 13.7. The number of aromatic nitrogens is 2. The topological polar surface area (TPSA) is 76.0 Å². The largest absolute Gasteiger partial charge is 0.351 e. The lowest BCUT2D eigenvalue weighted by molar-refractivity contribution is 0.0947. The Hall–Kier alpha value is -2.63. The molecule has 1 aromatic carbocycles. The van der Waals surface area contributed by atoms with Crippen LogP contribution in [0.25, 0.3) is 0 Å². The van der Waals surface area contributed by atoms with E-state index in [1.807, 2.05) is 28.8 Å². The summed E-state index contributed by atoms with van der Waals surface area (Å²) in [6.07, 6.45) is 4.72. The lowest BCUT2D eigenvalue weighted by atomic mass is 9.87. The molecule has 2 heterocycles. The van der Waals surface area contributed by atoms with Gasteiger partial charge in [-0.05, 0) is 48.8 Å². The van der Waals surface area contributed by atoms with Crippen LogP contribution in [0.1, 0.15) is 85.7 Å². The fraction of sp³-hybridized carbons (Fsp3) is 0.522. The van der Waals surface area contributed by atoms with Gasteiger partial charge < -0.3 is 15.2 Å². The number of fused-ring (bicyclic) bond motifs is 1. The highest BCUT2D eigenvalue weighted by Gasteiger charge is 2.27. The van der Waals surface area contributed by atoms with Crippen LogP contribution < -0.4 is 10.6 Å². The second-order valence-electron chi connectivity index (χ2n) is 8.73. The van der Waals surface area contributed by atoms with Crippen molar-refractivity contribution in [3.63, 3.8) is 0 Å². The van der Waals surface area contributed by atoms with Gasteiger partial charge in [0.15, 0.2) is 5.82 Å². The summed E-state index contributed by atoms with van der Waals surface area (Å²) >= 11 is 0. The summed E-state index contributed by atoms with van der Waals surface area (Å²) in [5.41, 5.74) is 3.27. The van der Waals surface area contributed by atoms with Crippen molar-refractivity contribution < 1.29 is 9.59 Å². The van der Waals surface area contributed by atoms with E-state index in [1.54, 1.807) is 0 Å². The highest BCUT2D eigenvalue weighted by Crippen LogP contribution is 2.25. The van der Waals surface area contributed by atoms with Crippen molar-refractivity contribution in [2.75, 3.05) is 11.9 Å². The van der Waals surface area contributed by atoms with E-state index in [0.717, 1.165) is 50.0 Å². The average molecular weight is 397 g/mol. The Kier molecular flexibility index (Phi) is 6.40. The van der Waals surface area contributed by atoms with Crippen LogP contribution in [0.2, 0.25) is 0 Å². The van der Waals surface area contributed by atoms with E-state index in [9.17, 15) is 9.59 Å². The zero-order valence-corrected chi connectivity index (χ0v) is 18.0. The van der Waals surface area contributed by atoms with Gasteiger partial charge in [-0.25, -0.2) is 4.98 Å². The van der Waals surface area contributed by atoms with Gasteiger partial charge in [0.05, 0.1) is 5.69 Å². The molecule has 0 radical (unpaired) electrons. The third kappa shape index (κ3) is 4.86. The van der Waals surface area contributed by atoms with Crippen molar-refractivity contribution in [2.45, 2.75) is 71.8 Å². The molecule has 0 atom stereocenters. The quantitative estimate of drug-likeness (QED) is 0.715. The van der Waals surface area contributed by atoms with Crippen molar-refractivity contribution in [2.24, 2.45) is 0 Å². The van der Waals surface area contributed by atoms with Crippen LogP contribution in [0.15, 0.2) is 24.3 Å². The van der Waals surface area contributed by atoms with Crippen LogP contribution in [-0.4, -0.2) is 27.9 Å². The molecular weight excluding hydrogens is 364 g/mol. The number of carbonyl (C=O) groups excluding carboxylic acids is 2. The summed E-state index contributed by atoms with van der Waals surface area (Å²) in [7, 11) is 0. The molecule has 0 fully saturated rings. The van der Waals surface area contributed by atoms with Gasteiger partial charge in [-0.1, -0.05) is 46.2 Å². The van der Waals surface area contributed by atoms with Crippen molar-refractivity contribution in [3.8, 4) is 0 Å². The predicted molar refractivity (Wildman–Crippen MR) is 116 cm³/mol. The number of carbonyl (C=O) groups is 2. The second kappa shape index (κ2) is 8.80. The molecule has 6 nitrogen and oxygen atoms in total. The number of hydrogen-bond donors (Lipinski definition) is 2. The van der Waals surface area contributed by atoms with Crippen LogP contribution in [0, 0.1) is 0 Å². The maximum Gasteiger partial charge on any atom is 0.291 e. The number of hydrogen-bond acceptors (Lipinski definition) is 3. The standard InChI is InChI=1S/C23H32N4O2/c1-5-6-14-24-21(28)19-18-9-7-8-15-27(18)20(26-19)22(29)25-17-12-10-16(11-13-17)23(2,3)4/h10-13H,5-9,14-15H2,1-4H3,(H,24,28)(H,25,29). The molecule has 2 amide bonds. The van der Waals surface area contributed by atoms with E-state index in [0.29, 0.717) is 18.1 Å². The smallest absolute Gasteiger partial charge is 0.291 e. The zero-order chi connectivity index (χ0) is 21.0. The molecule has 29 heavy (non-hydrogen) atoms. The summed E-state index contributed by atoms with van der Waals surface area (Å²) in [5.74, 6) is -0.137. The van der Waals surface area contributed by atoms with Gasteiger partial charge in [-0.15, -0.1) is 0 Å². The van der Waals surface area contributed by atoms with Crippen molar-refractivity contribution in [3.05, 3.63) is 47.0 Å². The zero-order valence-electron chi connectivity index (χ0n) is 18.0. The molecule has 0 aliphatic carbocycles. The Morgan fingerprint density at radius 3 is 2.48 bits per heavy atom. The third-order valence-corrected chi connectivity index (χ3v) is 5.36. The predicted octanol–water partition coefficient (Wildman–Crippen LogP) is 4.30. The maximum absolute atomic E-state index is 12.9. The van der Waals surface area contributed by atoms with E-state index in [-0.39, 0.29) is 17.2 Å². The van der Waals surface area contributed by atoms with Gasteiger partial charge in [-0.2, -0.15) is 0 Å². The minimum absolute atomic E-state index is 0.0603. The number of nitrogens with zero attached hydrogens (tertiary/aromatic N) is 2. The highest BCUT2D eigenvalue weighted by atomic mass is 16.2. The van der Waals surface area contributed by atoms with Crippen LogP contribution in [0.3, 0.4) is 0 Å². The van der Waals surface area contributed by atoms with Gasteiger partial charge in [0.25, 0.3) is 11.8 Å². The Morgan fingerprint density at radius 1 is 1.10 bits per heavy atom. The number of unbranched alkanes of at least 4 members (excludes halogenated alkanes) is 1. The lowest BCUT2D eigenvalue weighted by Gasteiger charge is -2.19. The van der Waals surface area contributed by atoms with E-state index in [1.165, 1.54) is 5.56 Å². The molecule has 0 spiro atoms. The van der Waals surface area contributed by atoms with Crippen LogP contribution in [0.4, 0.5) is 5.69 Å². The molecule has 2 N–H and O–H groups in total. The summed E-state index contributed by atoms with van der Waals surface area (Å²) in [5, 5.41) is 5.86. The molecule has 156 valence electrons. The fourth-order valence-corrected chi connectivity index (χ4v) is 3.60. The molecule has 2 aromatic rings. The summed E-state index contributed by atoms with van der Waals surface area (Å²) in [6.45, 7) is 9.90. The van der Waals surface area contributed by atoms with E-state index in [4.69, 9.17) is 0 Å². The van der Waals surface area contributed by atoms with Gasteiger partial charge >= 0.3 is 0 Å². The molecule has 3 rings (SSSR count). The molecule has 1 aromatic heterocycles. The third-order valence-electron chi connectivity index (χ3n) is 5.36. The minimum atomic E-state index is -0.274. The maximum atomic E-state index is 12.9. The molecule has 6 heteroatoms. The molecule has 1 aliphatic heterocycles. The van der Waals surface area contributed by atoms with E-state index < -0.39 is 0 Å². The van der Waals surface area contributed by atoms with Gasteiger partial charge in [0, 0.05) is 18.8 Å². The SMILES string of the molecule is CCCCNC(=O)c1nc(C(=O)Nc2ccc(C(C)(C)C)cc2)n2c1CCCC2. The molecule has 0 saturated heterocycles. The monoisotopic (exact) mass is 396 g/mol. The molecule has 0 unspecified atom stereocenters. The molecular formula is C23H32N4O2. The molecule has 0 bridgehead atoms. The van der Waals surface area contributed by atoms with Gasteiger partial charge in [-0.3, -0.25) is 9.59 Å². The van der Waals surface area contributed by atoms with Crippen LogP contribution >= 0.6 is 0 Å². The second-order valence-corrected chi connectivity index (χ2v) is 8.73. The number of nitrogens with one attached hydrogen (secondary N) is 2. The Labute approximate surface area is 173 Å². The Balaban J connectivity index is 1.80. The van der Waals surface area contributed by atoms with Crippen molar-refractivity contribution in [1.82, 2.24) is 14.9 Å². The minimum Gasteiger partial charge on any atom is -0.351 e. The van der Waals surface area contributed by atoms with Gasteiger partial charge in [0.1, 0.15) is 5.69 Å².